The maximum absolute atomic E-state index is 13.1. The van der Waals surface area contributed by atoms with E-state index in [9.17, 15) is 9.59 Å². The predicted octanol–water partition coefficient (Wildman–Crippen LogP) is 3.69. The summed E-state index contributed by atoms with van der Waals surface area (Å²) in [5.41, 5.74) is 0.328. The van der Waals surface area contributed by atoms with E-state index >= 15 is 0 Å². The molecule has 1 heterocycles. The van der Waals surface area contributed by atoms with E-state index in [2.05, 4.69) is 24.3 Å². The largest absolute Gasteiger partial charge is 0.341 e. The van der Waals surface area contributed by atoms with Crippen molar-refractivity contribution in [3.05, 3.63) is 33.8 Å². The first kappa shape index (κ1) is 22.0. The Labute approximate surface area is 172 Å². The highest BCUT2D eigenvalue weighted by Crippen LogP contribution is 2.22. The van der Waals surface area contributed by atoms with E-state index in [1.54, 1.807) is 12.1 Å². The van der Waals surface area contributed by atoms with Crippen LogP contribution in [0, 0.1) is 5.92 Å². The van der Waals surface area contributed by atoms with E-state index in [1.165, 1.54) is 6.07 Å². The van der Waals surface area contributed by atoms with E-state index < -0.39 is 6.04 Å². The van der Waals surface area contributed by atoms with Gasteiger partial charge in [0.15, 0.2) is 0 Å². The summed E-state index contributed by atoms with van der Waals surface area (Å²) in [6, 6.07) is 4.68. The number of benzene rings is 1. The van der Waals surface area contributed by atoms with Gasteiger partial charge in [-0.1, -0.05) is 37.0 Å². The number of halogens is 2. The molecule has 1 saturated heterocycles. The number of hydrogen-bond acceptors (Lipinski definition) is 3. The smallest absolute Gasteiger partial charge is 0.253 e. The van der Waals surface area contributed by atoms with Gasteiger partial charge in [-0.05, 0) is 57.5 Å². The maximum Gasteiger partial charge on any atom is 0.253 e. The number of nitrogens with zero attached hydrogens (tertiary/aromatic N) is 2. The number of piperidine rings is 1. The van der Waals surface area contributed by atoms with Crippen molar-refractivity contribution >= 4 is 35.0 Å². The molecule has 1 unspecified atom stereocenters. The van der Waals surface area contributed by atoms with E-state index in [4.69, 9.17) is 23.2 Å². The minimum absolute atomic E-state index is 0.0145. The number of carbonyl (C=O) groups excluding carboxylic acids is 2. The minimum Gasteiger partial charge on any atom is -0.341 e. The Bertz CT molecular complexity index is 671. The molecule has 1 aliphatic rings. The van der Waals surface area contributed by atoms with Gasteiger partial charge in [0.1, 0.15) is 6.04 Å². The molecule has 0 bridgehead atoms. The number of hydrogen-bond donors (Lipinski definition) is 1. The summed E-state index contributed by atoms with van der Waals surface area (Å²) in [6.45, 7) is 5.52. The van der Waals surface area contributed by atoms with Gasteiger partial charge >= 0.3 is 0 Å². The van der Waals surface area contributed by atoms with Crippen molar-refractivity contribution in [1.29, 1.82) is 0 Å². The molecule has 1 aromatic rings. The summed E-state index contributed by atoms with van der Waals surface area (Å²) in [7, 11) is 4.14. The van der Waals surface area contributed by atoms with Gasteiger partial charge in [-0.15, -0.1) is 0 Å². The summed E-state index contributed by atoms with van der Waals surface area (Å²) in [4.78, 5) is 29.8. The van der Waals surface area contributed by atoms with Crippen LogP contribution in [0.1, 0.15) is 43.5 Å². The standard InChI is InChI=1S/C20H29Cl2N3O2/c1-13(2)11-18(20(27)25-9-7-15(8-10-25)24(3)4)23-19(26)16-6-5-14(21)12-17(16)22/h5-6,12-13,15,18H,7-11H2,1-4H3,(H,23,26). The van der Waals surface area contributed by atoms with Gasteiger partial charge in [0.2, 0.25) is 5.91 Å². The molecule has 7 heteroatoms. The molecule has 2 amide bonds. The second-order valence-corrected chi connectivity index (χ2v) is 8.64. The zero-order valence-electron chi connectivity index (χ0n) is 16.5. The van der Waals surface area contributed by atoms with E-state index in [1.807, 2.05) is 18.7 Å². The lowest BCUT2D eigenvalue weighted by atomic mass is 9.99. The van der Waals surface area contributed by atoms with Crippen molar-refractivity contribution in [3.8, 4) is 0 Å². The van der Waals surface area contributed by atoms with Crippen molar-refractivity contribution in [3.63, 3.8) is 0 Å². The molecule has 1 aliphatic heterocycles. The maximum atomic E-state index is 13.1. The fraction of sp³-hybridized carbons (Fsp3) is 0.600. The molecule has 2 rings (SSSR count). The molecule has 150 valence electrons. The topological polar surface area (TPSA) is 52.7 Å². The highest BCUT2D eigenvalue weighted by atomic mass is 35.5. The Morgan fingerprint density at radius 2 is 1.85 bits per heavy atom. The highest BCUT2D eigenvalue weighted by molar-refractivity contribution is 6.36. The molecule has 1 N–H and O–H groups in total. The van der Waals surface area contributed by atoms with Gasteiger partial charge in [-0.3, -0.25) is 9.59 Å². The average Bonchev–Trinajstić information content (AvgIpc) is 2.60. The Hall–Kier alpha value is -1.30. The Morgan fingerprint density at radius 3 is 2.37 bits per heavy atom. The van der Waals surface area contributed by atoms with Crippen molar-refractivity contribution in [2.24, 2.45) is 5.92 Å². The molecule has 1 atom stereocenters. The molecular formula is C20H29Cl2N3O2. The molecule has 27 heavy (non-hydrogen) atoms. The third kappa shape index (κ3) is 6.09. The van der Waals surface area contributed by atoms with Gasteiger partial charge in [-0.25, -0.2) is 0 Å². The lowest BCUT2D eigenvalue weighted by Crippen LogP contribution is -2.52. The van der Waals surface area contributed by atoms with Gasteiger partial charge < -0.3 is 15.1 Å². The molecule has 0 aliphatic carbocycles. The van der Waals surface area contributed by atoms with Gasteiger partial charge in [0.25, 0.3) is 5.91 Å². The van der Waals surface area contributed by atoms with E-state index in [0.29, 0.717) is 36.1 Å². The van der Waals surface area contributed by atoms with Crippen molar-refractivity contribution in [1.82, 2.24) is 15.1 Å². The molecule has 0 spiro atoms. The summed E-state index contributed by atoms with van der Waals surface area (Å²) in [5, 5.41) is 3.64. The number of likely N-dealkylation sites (tertiary alicyclic amines) is 1. The lowest BCUT2D eigenvalue weighted by molar-refractivity contribution is -0.135. The van der Waals surface area contributed by atoms with E-state index in [-0.39, 0.29) is 22.8 Å². The van der Waals surface area contributed by atoms with Crippen LogP contribution in [0.2, 0.25) is 10.0 Å². The quantitative estimate of drug-likeness (QED) is 0.773. The summed E-state index contributed by atoms with van der Waals surface area (Å²) in [6.07, 6.45) is 2.48. The monoisotopic (exact) mass is 413 g/mol. The Kier molecular flexibility index (Phi) is 7.95. The third-order valence-electron chi connectivity index (χ3n) is 4.99. The fourth-order valence-electron chi connectivity index (χ4n) is 3.43. The number of nitrogens with one attached hydrogen (secondary N) is 1. The van der Waals surface area contributed by atoms with Crippen LogP contribution >= 0.6 is 23.2 Å². The van der Waals surface area contributed by atoms with Crippen LogP contribution in [0.5, 0.6) is 0 Å². The van der Waals surface area contributed by atoms with Crippen LogP contribution in [-0.4, -0.2) is 60.9 Å². The second-order valence-electron chi connectivity index (χ2n) is 7.80. The van der Waals surface area contributed by atoms with Gasteiger partial charge in [0, 0.05) is 24.2 Å². The first-order valence-corrected chi connectivity index (χ1v) is 10.2. The van der Waals surface area contributed by atoms with Crippen LogP contribution in [-0.2, 0) is 4.79 Å². The number of rotatable bonds is 6. The molecule has 1 aromatic carbocycles. The van der Waals surface area contributed by atoms with Gasteiger partial charge in [-0.2, -0.15) is 0 Å². The highest BCUT2D eigenvalue weighted by Gasteiger charge is 2.30. The van der Waals surface area contributed by atoms with Crippen LogP contribution in [0.15, 0.2) is 18.2 Å². The molecule has 0 radical (unpaired) electrons. The molecule has 5 nitrogen and oxygen atoms in total. The normalized spacial score (nSPS) is 16.7. The number of amides is 2. The first-order chi connectivity index (χ1) is 12.7. The van der Waals surface area contributed by atoms with E-state index in [0.717, 1.165) is 12.8 Å². The van der Waals surface area contributed by atoms with Crippen molar-refractivity contribution < 1.29 is 9.59 Å². The zero-order valence-corrected chi connectivity index (χ0v) is 18.0. The Balaban J connectivity index is 2.08. The molecular weight excluding hydrogens is 385 g/mol. The van der Waals surface area contributed by atoms with Crippen LogP contribution in [0.25, 0.3) is 0 Å². The summed E-state index contributed by atoms with van der Waals surface area (Å²) in [5.74, 6) is -0.0857. The molecule has 0 saturated carbocycles. The van der Waals surface area contributed by atoms with Crippen molar-refractivity contribution in [2.75, 3.05) is 27.2 Å². The number of carbonyl (C=O) groups is 2. The third-order valence-corrected chi connectivity index (χ3v) is 5.54. The second kappa shape index (κ2) is 9.76. The fourth-order valence-corrected chi connectivity index (χ4v) is 3.92. The van der Waals surface area contributed by atoms with Crippen molar-refractivity contribution in [2.45, 2.75) is 45.2 Å². The lowest BCUT2D eigenvalue weighted by Gasteiger charge is -2.37. The van der Waals surface area contributed by atoms with Crippen LogP contribution < -0.4 is 5.32 Å². The van der Waals surface area contributed by atoms with Crippen LogP contribution in [0.4, 0.5) is 0 Å². The predicted molar refractivity (Wildman–Crippen MR) is 110 cm³/mol. The molecule has 0 aromatic heterocycles. The summed E-state index contributed by atoms with van der Waals surface area (Å²) < 4.78 is 0. The Morgan fingerprint density at radius 1 is 1.22 bits per heavy atom. The van der Waals surface area contributed by atoms with Crippen LogP contribution in [0.3, 0.4) is 0 Å². The average molecular weight is 414 g/mol. The minimum atomic E-state index is -0.555. The summed E-state index contributed by atoms with van der Waals surface area (Å²) >= 11 is 12.0. The SMILES string of the molecule is CC(C)CC(NC(=O)c1ccc(Cl)cc1Cl)C(=O)N1CCC(N(C)C)CC1. The first-order valence-electron chi connectivity index (χ1n) is 9.40. The van der Waals surface area contributed by atoms with Gasteiger partial charge in [0.05, 0.1) is 10.6 Å². The molecule has 1 fully saturated rings. The zero-order chi connectivity index (χ0) is 20.1.